The molecule has 4 nitrogen and oxygen atoms in total. The molecule has 3 heterocycles. The lowest BCUT2D eigenvalue weighted by atomic mass is 9.94. The minimum atomic E-state index is -0.0593. The van der Waals surface area contributed by atoms with Gasteiger partial charge >= 0.3 is 0 Å². The lowest BCUT2D eigenvalue weighted by molar-refractivity contribution is 0.0572. The molecule has 17 heavy (non-hydrogen) atoms. The van der Waals surface area contributed by atoms with E-state index in [9.17, 15) is 0 Å². The molecule has 0 saturated carbocycles. The zero-order valence-corrected chi connectivity index (χ0v) is 9.99. The topological polar surface area (TPSA) is 49.9 Å². The molecule has 1 saturated heterocycles. The van der Waals surface area contributed by atoms with Gasteiger partial charge in [0, 0.05) is 12.4 Å². The molecule has 0 unspecified atom stereocenters. The number of piperidine rings is 1. The Labute approximate surface area is 100 Å². The normalized spacial score (nSPS) is 19.4. The number of nitrogens with zero attached hydrogens (tertiary/aromatic N) is 1. The van der Waals surface area contributed by atoms with E-state index < -0.39 is 0 Å². The van der Waals surface area contributed by atoms with E-state index in [-0.39, 0.29) is 5.60 Å². The number of fused-ring (bicyclic) bond motifs is 1. The summed E-state index contributed by atoms with van der Waals surface area (Å²) in [5.41, 5.74) is 0.830. The van der Waals surface area contributed by atoms with Crippen LogP contribution in [0.25, 0.3) is 11.0 Å². The van der Waals surface area contributed by atoms with E-state index >= 15 is 0 Å². The standard InChI is InChI=1S/C13H17N3O/c1-13(4-7-14-8-5-13)17-11-9-16-12-10(11)3-2-6-15-12/h2-3,6,9,14H,4-5,7-8H2,1H3,(H,15,16). The molecule has 90 valence electrons. The molecule has 1 aliphatic heterocycles. The van der Waals surface area contributed by atoms with Crippen molar-refractivity contribution in [1.82, 2.24) is 15.3 Å². The number of hydrogen-bond acceptors (Lipinski definition) is 3. The first-order chi connectivity index (χ1) is 8.27. The molecule has 0 bridgehead atoms. The van der Waals surface area contributed by atoms with Gasteiger partial charge in [0.1, 0.15) is 17.0 Å². The van der Waals surface area contributed by atoms with Gasteiger partial charge in [-0.3, -0.25) is 0 Å². The van der Waals surface area contributed by atoms with E-state index in [2.05, 4.69) is 22.2 Å². The average molecular weight is 231 g/mol. The summed E-state index contributed by atoms with van der Waals surface area (Å²) in [5.74, 6) is 0.914. The minimum absolute atomic E-state index is 0.0593. The van der Waals surface area contributed by atoms with Gasteiger partial charge in [0.2, 0.25) is 0 Å². The Morgan fingerprint density at radius 2 is 2.18 bits per heavy atom. The molecule has 0 aromatic carbocycles. The third kappa shape index (κ3) is 2.00. The van der Waals surface area contributed by atoms with E-state index in [1.807, 2.05) is 18.3 Å². The van der Waals surface area contributed by atoms with Crippen LogP contribution in [0.15, 0.2) is 24.5 Å². The quantitative estimate of drug-likeness (QED) is 0.832. The lowest BCUT2D eigenvalue weighted by Gasteiger charge is -2.34. The monoisotopic (exact) mass is 231 g/mol. The van der Waals surface area contributed by atoms with Crippen LogP contribution in [0.5, 0.6) is 5.75 Å². The summed E-state index contributed by atoms with van der Waals surface area (Å²) in [6.45, 7) is 4.23. The van der Waals surface area contributed by atoms with Crippen LogP contribution >= 0.6 is 0 Å². The Kier molecular flexibility index (Phi) is 2.52. The highest BCUT2D eigenvalue weighted by Crippen LogP contribution is 2.30. The first-order valence-corrected chi connectivity index (χ1v) is 6.09. The Balaban J connectivity index is 1.89. The molecule has 1 fully saturated rings. The molecular weight excluding hydrogens is 214 g/mol. The molecule has 2 N–H and O–H groups in total. The van der Waals surface area contributed by atoms with Gasteiger partial charge < -0.3 is 15.0 Å². The zero-order chi connectivity index (χ0) is 11.7. The number of aromatic nitrogens is 2. The predicted molar refractivity (Wildman–Crippen MR) is 67.2 cm³/mol. The van der Waals surface area contributed by atoms with Crippen LogP contribution in [0.4, 0.5) is 0 Å². The van der Waals surface area contributed by atoms with Gasteiger partial charge in [-0.2, -0.15) is 0 Å². The van der Waals surface area contributed by atoms with Crippen LogP contribution in [-0.4, -0.2) is 28.7 Å². The first-order valence-electron chi connectivity index (χ1n) is 6.09. The van der Waals surface area contributed by atoms with Crippen LogP contribution in [0, 0.1) is 0 Å². The van der Waals surface area contributed by atoms with Crippen LogP contribution in [0.3, 0.4) is 0 Å². The predicted octanol–water partition coefficient (Wildman–Crippen LogP) is 2.08. The highest BCUT2D eigenvalue weighted by atomic mass is 16.5. The van der Waals surface area contributed by atoms with Crippen molar-refractivity contribution in [2.24, 2.45) is 0 Å². The van der Waals surface area contributed by atoms with Gasteiger partial charge in [-0.1, -0.05) is 0 Å². The maximum atomic E-state index is 6.18. The van der Waals surface area contributed by atoms with Crippen molar-refractivity contribution in [1.29, 1.82) is 0 Å². The van der Waals surface area contributed by atoms with E-state index in [1.54, 1.807) is 6.20 Å². The highest BCUT2D eigenvalue weighted by Gasteiger charge is 2.29. The van der Waals surface area contributed by atoms with E-state index in [0.717, 1.165) is 42.7 Å². The van der Waals surface area contributed by atoms with E-state index in [4.69, 9.17) is 4.74 Å². The summed E-state index contributed by atoms with van der Waals surface area (Å²) in [6, 6.07) is 3.98. The number of nitrogens with one attached hydrogen (secondary N) is 2. The Hall–Kier alpha value is -1.55. The minimum Gasteiger partial charge on any atom is -0.485 e. The van der Waals surface area contributed by atoms with Crippen LogP contribution in [0.2, 0.25) is 0 Å². The highest BCUT2D eigenvalue weighted by molar-refractivity contribution is 5.82. The van der Waals surface area contributed by atoms with Crippen LogP contribution < -0.4 is 10.1 Å². The molecule has 0 amide bonds. The average Bonchev–Trinajstić information content (AvgIpc) is 2.73. The van der Waals surface area contributed by atoms with Crippen molar-refractivity contribution in [2.45, 2.75) is 25.4 Å². The van der Waals surface area contributed by atoms with Gasteiger partial charge in [-0.05, 0) is 45.0 Å². The summed E-state index contributed by atoms with van der Waals surface area (Å²) < 4.78 is 6.18. The van der Waals surface area contributed by atoms with Crippen molar-refractivity contribution in [2.75, 3.05) is 13.1 Å². The molecule has 0 radical (unpaired) electrons. The number of aromatic amines is 1. The SMILES string of the molecule is CC1(Oc2c[nH]c3ncccc23)CCNCC1. The third-order valence-corrected chi connectivity index (χ3v) is 3.43. The van der Waals surface area contributed by atoms with Crippen molar-refractivity contribution in [3.63, 3.8) is 0 Å². The maximum absolute atomic E-state index is 6.18. The van der Waals surface area contributed by atoms with Crippen LogP contribution in [0.1, 0.15) is 19.8 Å². The van der Waals surface area contributed by atoms with E-state index in [1.165, 1.54) is 0 Å². The fourth-order valence-corrected chi connectivity index (χ4v) is 2.34. The molecule has 0 aliphatic carbocycles. The number of H-pyrrole nitrogens is 1. The Bertz CT molecular complexity index is 514. The van der Waals surface area contributed by atoms with Crippen molar-refractivity contribution in [3.05, 3.63) is 24.5 Å². The molecule has 3 rings (SSSR count). The lowest BCUT2D eigenvalue weighted by Crippen LogP contribution is -2.43. The molecule has 0 spiro atoms. The summed E-state index contributed by atoms with van der Waals surface area (Å²) in [7, 11) is 0. The van der Waals surface area contributed by atoms with Crippen molar-refractivity contribution < 1.29 is 4.74 Å². The molecule has 4 heteroatoms. The van der Waals surface area contributed by atoms with Gasteiger partial charge in [-0.15, -0.1) is 0 Å². The molecule has 2 aromatic heterocycles. The maximum Gasteiger partial charge on any atom is 0.147 e. The summed E-state index contributed by atoms with van der Waals surface area (Å²) in [5, 5.41) is 4.42. The second-order valence-corrected chi connectivity index (χ2v) is 4.85. The van der Waals surface area contributed by atoms with Gasteiger partial charge in [0.25, 0.3) is 0 Å². The second-order valence-electron chi connectivity index (χ2n) is 4.85. The largest absolute Gasteiger partial charge is 0.485 e. The van der Waals surface area contributed by atoms with Gasteiger partial charge in [0.15, 0.2) is 0 Å². The first kappa shape index (κ1) is 10.6. The fourth-order valence-electron chi connectivity index (χ4n) is 2.34. The molecule has 0 atom stereocenters. The van der Waals surface area contributed by atoms with Crippen molar-refractivity contribution in [3.8, 4) is 5.75 Å². The zero-order valence-electron chi connectivity index (χ0n) is 9.99. The second kappa shape index (κ2) is 4.04. The Morgan fingerprint density at radius 3 is 3.00 bits per heavy atom. The third-order valence-electron chi connectivity index (χ3n) is 3.43. The van der Waals surface area contributed by atoms with Gasteiger partial charge in [0.05, 0.1) is 5.39 Å². The Morgan fingerprint density at radius 1 is 1.35 bits per heavy atom. The molecule has 1 aliphatic rings. The number of rotatable bonds is 2. The number of pyridine rings is 1. The molecular formula is C13H17N3O. The smallest absolute Gasteiger partial charge is 0.147 e. The number of ether oxygens (including phenoxy) is 1. The number of hydrogen-bond donors (Lipinski definition) is 2. The molecule has 2 aromatic rings. The van der Waals surface area contributed by atoms with Crippen molar-refractivity contribution >= 4 is 11.0 Å². The van der Waals surface area contributed by atoms with Crippen LogP contribution in [-0.2, 0) is 0 Å². The fraction of sp³-hybridized carbons (Fsp3) is 0.462. The summed E-state index contributed by atoms with van der Waals surface area (Å²) in [4.78, 5) is 7.41. The van der Waals surface area contributed by atoms with Gasteiger partial charge in [-0.25, -0.2) is 4.98 Å². The summed E-state index contributed by atoms with van der Waals surface area (Å²) >= 11 is 0. The van der Waals surface area contributed by atoms with E-state index in [0.29, 0.717) is 0 Å². The summed E-state index contributed by atoms with van der Waals surface area (Å²) in [6.07, 6.45) is 5.78.